The molecule has 0 saturated heterocycles. The van der Waals surface area contributed by atoms with Crippen LogP contribution in [0.25, 0.3) is 0 Å². The third-order valence-corrected chi connectivity index (χ3v) is 2.75. The summed E-state index contributed by atoms with van der Waals surface area (Å²) in [6.45, 7) is 1.79. The molecule has 1 fully saturated rings. The van der Waals surface area contributed by atoms with Crippen LogP contribution >= 0.6 is 0 Å². The number of nitrogens with two attached hydrogens (primary N) is 1. The van der Waals surface area contributed by atoms with Gasteiger partial charge in [0, 0.05) is 6.04 Å². The summed E-state index contributed by atoms with van der Waals surface area (Å²) in [5, 5.41) is 9.25. The van der Waals surface area contributed by atoms with Crippen LogP contribution in [0.4, 0.5) is 0 Å². The number of hydrogen-bond acceptors (Lipinski definition) is 2. The third-order valence-electron chi connectivity index (χ3n) is 2.75. The standard InChI is InChI=1S/C9H19NO/c1-7(11)9(10)8-5-3-2-4-6-8/h7-9,11H,2-6,10H2,1H3/t7-,9+/m1/s1. The van der Waals surface area contributed by atoms with Gasteiger partial charge < -0.3 is 10.8 Å². The largest absolute Gasteiger partial charge is 0.392 e. The number of aliphatic hydroxyl groups is 1. The quantitative estimate of drug-likeness (QED) is 0.634. The highest BCUT2D eigenvalue weighted by atomic mass is 16.3. The molecule has 0 aromatic heterocycles. The average molecular weight is 157 g/mol. The second-order valence-corrected chi connectivity index (χ2v) is 3.72. The molecule has 0 aromatic carbocycles. The number of rotatable bonds is 2. The van der Waals surface area contributed by atoms with Gasteiger partial charge in [0.15, 0.2) is 0 Å². The van der Waals surface area contributed by atoms with E-state index in [1.807, 2.05) is 0 Å². The van der Waals surface area contributed by atoms with E-state index < -0.39 is 0 Å². The van der Waals surface area contributed by atoms with E-state index in [2.05, 4.69) is 0 Å². The minimum Gasteiger partial charge on any atom is -0.392 e. The van der Waals surface area contributed by atoms with Gasteiger partial charge in [0.05, 0.1) is 6.10 Å². The normalized spacial score (nSPS) is 26.5. The summed E-state index contributed by atoms with van der Waals surface area (Å²) in [4.78, 5) is 0. The molecule has 1 aliphatic carbocycles. The first-order valence-corrected chi connectivity index (χ1v) is 4.65. The fourth-order valence-corrected chi connectivity index (χ4v) is 1.91. The molecule has 0 spiro atoms. The molecular formula is C9H19NO. The van der Waals surface area contributed by atoms with E-state index in [9.17, 15) is 5.11 Å². The van der Waals surface area contributed by atoms with Gasteiger partial charge in [0.2, 0.25) is 0 Å². The first-order chi connectivity index (χ1) is 5.22. The fourth-order valence-electron chi connectivity index (χ4n) is 1.91. The fraction of sp³-hybridized carbons (Fsp3) is 1.00. The van der Waals surface area contributed by atoms with Gasteiger partial charge in [0.1, 0.15) is 0 Å². The first-order valence-electron chi connectivity index (χ1n) is 4.65. The van der Waals surface area contributed by atoms with Crippen LogP contribution in [0.3, 0.4) is 0 Å². The van der Waals surface area contributed by atoms with Crippen molar-refractivity contribution in [1.82, 2.24) is 0 Å². The van der Waals surface area contributed by atoms with E-state index in [0.717, 1.165) is 0 Å². The van der Waals surface area contributed by atoms with Crippen molar-refractivity contribution in [1.29, 1.82) is 0 Å². The third kappa shape index (κ3) is 2.46. The number of hydrogen-bond donors (Lipinski definition) is 2. The Morgan fingerprint density at radius 2 is 1.82 bits per heavy atom. The van der Waals surface area contributed by atoms with Crippen molar-refractivity contribution in [3.8, 4) is 0 Å². The van der Waals surface area contributed by atoms with Crippen molar-refractivity contribution in [3.05, 3.63) is 0 Å². The minimum atomic E-state index is -0.335. The van der Waals surface area contributed by atoms with Gasteiger partial charge in [-0.25, -0.2) is 0 Å². The molecule has 0 heterocycles. The molecule has 0 aromatic rings. The van der Waals surface area contributed by atoms with Crippen molar-refractivity contribution < 1.29 is 5.11 Å². The Morgan fingerprint density at radius 3 is 2.27 bits per heavy atom. The van der Waals surface area contributed by atoms with Crippen molar-refractivity contribution in [2.45, 2.75) is 51.2 Å². The molecule has 3 N–H and O–H groups in total. The highest BCUT2D eigenvalue weighted by molar-refractivity contribution is 4.79. The topological polar surface area (TPSA) is 46.2 Å². The molecule has 2 atom stereocenters. The van der Waals surface area contributed by atoms with E-state index in [4.69, 9.17) is 5.73 Å². The molecule has 1 aliphatic rings. The Bertz CT molecular complexity index is 108. The zero-order valence-corrected chi connectivity index (χ0v) is 7.29. The predicted molar refractivity (Wildman–Crippen MR) is 46.2 cm³/mol. The van der Waals surface area contributed by atoms with Gasteiger partial charge in [-0.3, -0.25) is 0 Å². The van der Waals surface area contributed by atoms with Crippen LogP contribution in [0.15, 0.2) is 0 Å². The molecule has 11 heavy (non-hydrogen) atoms. The Morgan fingerprint density at radius 1 is 1.27 bits per heavy atom. The maximum absolute atomic E-state index is 9.25. The van der Waals surface area contributed by atoms with Crippen LogP contribution in [-0.4, -0.2) is 17.3 Å². The maximum atomic E-state index is 9.25. The summed E-state index contributed by atoms with van der Waals surface area (Å²) in [5.74, 6) is 0.573. The van der Waals surface area contributed by atoms with Crippen LogP contribution < -0.4 is 5.73 Å². The molecule has 0 amide bonds. The van der Waals surface area contributed by atoms with Gasteiger partial charge in [-0.05, 0) is 25.7 Å². The second-order valence-electron chi connectivity index (χ2n) is 3.72. The van der Waals surface area contributed by atoms with Crippen molar-refractivity contribution in [2.24, 2.45) is 11.7 Å². The van der Waals surface area contributed by atoms with Crippen LogP contribution in [0.1, 0.15) is 39.0 Å². The molecule has 0 radical (unpaired) electrons. The van der Waals surface area contributed by atoms with Crippen LogP contribution in [0, 0.1) is 5.92 Å². The second kappa shape index (κ2) is 4.07. The summed E-state index contributed by atoms with van der Waals surface area (Å²) in [5.41, 5.74) is 5.84. The molecular weight excluding hydrogens is 138 g/mol. The summed E-state index contributed by atoms with van der Waals surface area (Å²) in [7, 11) is 0. The van der Waals surface area contributed by atoms with Crippen LogP contribution in [-0.2, 0) is 0 Å². The molecule has 0 aliphatic heterocycles. The molecule has 2 nitrogen and oxygen atoms in total. The molecule has 0 unspecified atom stereocenters. The Balaban J connectivity index is 2.32. The van der Waals surface area contributed by atoms with Gasteiger partial charge in [-0.15, -0.1) is 0 Å². The lowest BCUT2D eigenvalue weighted by atomic mass is 9.82. The Labute approximate surface area is 68.8 Å². The van der Waals surface area contributed by atoms with Gasteiger partial charge in [-0.2, -0.15) is 0 Å². The predicted octanol–water partition coefficient (Wildman–Crippen LogP) is 1.27. The van der Waals surface area contributed by atoms with Gasteiger partial charge in [0.25, 0.3) is 0 Å². The molecule has 1 saturated carbocycles. The van der Waals surface area contributed by atoms with E-state index in [1.165, 1.54) is 32.1 Å². The summed E-state index contributed by atoms with van der Waals surface area (Å²) in [6, 6.07) is 0.00954. The van der Waals surface area contributed by atoms with E-state index in [1.54, 1.807) is 6.92 Å². The van der Waals surface area contributed by atoms with Crippen LogP contribution in [0.5, 0.6) is 0 Å². The van der Waals surface area contributed by atoms with E-state index in [-0.39, 0.29) is 12.1 Å². The molecule has 66 valence electrons. The molecule has 0 bridgehead atoms. The van der Waals surface area contributed by atoms with Crippen molar-refractivity contribution >= 4 is 0 Å². The lowest BCUT2D eigenvalue weighted by Crippen LogP contribution is -2.40. The Kier molecular flexibility index (Phi) is 3.34. The Hall–Kier alpha value is -0.0800. The smallest absolute Gasteiger partial charge is 0.0665 e. The van der Waals surface area contributed by atoms with Crippen LogP contribution in [0.2, 0.25) is 0 Å². The zero-order chi connectivity index (χ0) is 8.27. The van der Waals surface area contributed by atoms with Crippen molar-refractivity contribution in [2.75, 3.05) is 0 Å². The van der Waals surface area contributed by atoms with Gasteiger partial charge in [-0.1, -0.05) is 19.3 Å². The summed E-state index contributed by atoms with van der Waals surface area (Å²) >= 11 is 0. The maximum Gasteiger partial charge on any atom is 0.0665 e. The SMILES string of the molecule is C[C@@H](O)[C@H](N)C1CCCCC1. The van der Waals surface area contributed by atoms with E-state index in [0.29, 0.717) is 5.92 Å². The monoisotopic (exact) mass is 157 g/mol. The van der Waals surface area contributed by atoms with Crippen molar-refractivity contribution in [3.63, 3.8) is 0 Å². The minimum absolute atomic E-state index is 0.00954. The highest BCUT2D eigenvalue weighted by Crippen LogP contribution is 2.26. The van der Waals surface area contributed by atoms with E-state index >= 15 is 0 Å². The number of aliphatic hydroxyl groups excluding tert-OH is 1. The lowest BCUT2D eigenvalue weighted by molar-refractivity contribution is 0.119. The zero-order valence-electron chi connectivity index (χ0n) is 7.29. The van der Waals surface area contributed by atoms with Gasteiger partial charge >= 0.3 is 0 Å². The summed E-state index contributed by atoms with van der Waals surface area (Å²) < 4.78 is 0. The molecule has 1 rings (SSSR count). The first kappa shape index (κ1) is 9.01. The highest BCUT2D eigenvalue weighted by Gasteiger charge is 2.23. The summed E-state index contributed by atoms with van der Waals surface area (Å²) in [6.07, 6.45) is 6.04. The molecule has 2 heteroatoms. The lowest BCUT2D eigenvalue weighted by Gasteiger charge is -2.29. The average Bonchev–Trinajstić information content (AvgIpc) is 2.05.